The van der Waals surface area contributed by atoms with Gasteiger partial charge in [0.05, 0.1) is 17.1 Å². The molecule has 202 valence electrons. The highest BCUT2D eigenvalue weighted by atomic mass is 35.5. The summed E-state index contributed by atoms with van der Waals surface area (Å²) in [5, 5.41) is 8.73. The topological polar surface area (TPSA) is 98.7 Å². The highest BCUT2D eigenvalue weighted by Crippen LogP contribution is 2.29. The third-order valence-corrected chi connectivity index (χ3v) is 6.39. The number of hydrogen-bond donors (Lipinski definition) is 1. The summed E-state index contributed by atoms with van der Waals surface area (Å²) in [5.41, 5.74) is 1.50. The molecule has 8 nitrogen and oxygen atoms in total. The fourth-order valence-corrected chi connectivity index (χ4v) is 4.44. The first-order chi connectivity index (χ1) is 19.9. The summed E-state index contributed by atoms with van der Waals surface area (Å²) in [5.74, 6) is -0.0441. The maximum absolute atomic E-state index is 13.5. The van der Waals surface area contributed by atoms with Crippen LogP contribution >= 0.6 is 11.6 Å². The van der Waals surface area contributed by atoms with Crippen LogP contribution in [0.2, 0.25) is 5.02 Å². The molecule has 6 rings (SSSR count). The summed E-state index contributed by atoms with van der Waals surface area (Å²) in [6.07, 6.45) is 1.45. The van der Waals surface area contributed by atoms with E-state index >= 15 is 0 Å². The average molecular weight is 567 g/mol. The Labute approximate surface area is 237 Å². The molecular weight excluding hydrogens is 547 g/mol. The number of nitrogens with zero attached hydrogens (tertiary/aromatic N) is 3. The molecule has 0 saturated heterocycles. The van der Waals surface area contributed by atoms with Gasteiger partial charge >= 0.3 is 0 Å². The lowest BCUT2D eigenvalue weighted by atomic mass is 10.2. The van der Waals surface area contributed by atoms with Crippen molar-refractivity contribution in [1.29, 1.82) is 0 Å². The number of halogens is 2. The summed E-state index contributed by atoms with van der Waals surface area (Å²) in [6.45, 7) is -0.328. The lowest BCUT2D eigenvalue weighted by molar-refractivity contribution is -0.118. The number of nitrogens with one attached hydrogen (secondary N) is 1. The zero-order chi connectivity index (χ0) is 28.3. The fourth-order valence-electron chi connectivity index (χ4n) is 4.26. The van der Waals surface area contributed by atoms with Gasteiger partial charge in [-0.05, 0) is 66.7 Å². The minimum atomic E-state index is -0.468. The van der Waals surface area contributed by atoms with Crippen LogP contribution in [0.3, 0.4) is 0 Å². The molecule has 2 heterocycles. The van der Waals surface area contributed by atoms with Crippen LogP contribution in [-0.2, 0) is 4.79 Å². The van der Waals surface area contributed by atoms with Gasteiger partial charge in [0, 0.05) is 21.7 Å². The number of carbonyl (C=O) groups is 1. The van der Waals surface area contributed by atoms with E-state index in [9.17, 15) is 14.0 Å². The van der Waals surface area contributed by atoms with Crippen LogP contribution in [0.25, 0.3) is 33.5 Å². The van der Waals surface area contributed by atoms with E-state index in [0.717, 1.165) is 10.1 Å². The molecule has 0 aliphatic heterocycles. The summed E-state index contributed by atoms with van der Waals surface area (Å²) in [4.78, 5) is 30.6. The van der Waals surface area contributed by atoms with Crippen molar-refractivity contribution in [2.45, 2.75) is 0 Å². The minimum absolute atomic E-state index is 0.199. The van der Waals surface area contributed by atoms with Gasteiger partial charge in [-0.25, -0.2) is 9.37 Å². The number of benzene rings is 4. The van der Waals surface area contributed by atoms with Crippen molar-refractivity contribution in [3.63, 3.8) is 0 Å². The Bertz CT molecular complexity index is 2020. The van der Waals surface area contributed by atoms with E-state index < -0.39 is 17.3 Å². The van der Waals surface area contributed by atoms with Gasteiger partial charge in [0.25, 0.3) is 11.5 Å². The van der Waals surface area contributed by atoms with Gasteiger partial charge in [-0.1, -0.05) is 41.9 Å². The van der Waals surface area contributed by atoms with E-state index in [2.05, 4.69) is 15.4 Å². The Morgan fingerprint density at radius 1 is 1.02 bits per heavy atom. The van der Waals surface area contributed by atoms with E-state index in [1.807, 2.05) is 0 Å². The van der Waals surface area contributed by atoms with Crippen LogP contribution in [0.15, 0.2) is 111 Å². The number of amides is 1. The molecule has 1 amide bonds. The van der Waals surface area contributed by atoms with E-state index in [-0.39, 0.29) is 12.4 Å². The number of aromatic nitrogens is 2. The molecule has 0 radical (unpaired) electrons. The van der Waals surface area contributed by atoms with Crippen molar-refractivity contribution in [2.24, 2.45) is 5.10 Å². The lowest BCUT2D eigenvalue weighted by Crippen LogP contribution is -2.21. The Kier molecular flexibility index (Phi) is 7.01. The second-order valence-electron chi connectivity index (χ2n) is 8.99. The van der Waals surface area contributed by atoms with Gasteiger partial charge in [-0.2, -0.15) is 9.78 Å². The molecular formula is C31H20ClFN4O4. The van der Waals surface area contributed by atoms with E-state index in [0.29, 0.717) is 44.3 Å². The molecule has 1 N–H and O–H groups in total. The van der Waals surface area contributed by atoms with E-state index in [4.69, 9.17) is 20.8 Å². The number of carbonyl (C=O) groups excluding carboxylic acids is 1. The molecule has 0 saturated carbocycles. The molecule has 41 heavy (non-hydrogen) atoms. The van der Waals surface area contributed by atoms with E-state index in [1.54, 1.807) is 78.9 Å². The lowest BCUT2D eigenvalue weighted by Gasteiger charge is -2.10. The number of furan rings is 1. The van der Waals surface area contributed by atoms with Gasteiger partial charge in [0.15, 0.2) is 12.4 Å². The summed E-state index contributed by atoms with van der Waals surface area (Å²) >= 11 is 6.14. The van der Waals surface area contributed by atoms with Gasteiger partial charge in [-0.15, -0.1) is 0 Å². The van der Waals surface area contributed by atoms with Gasteiger partial charge in [0.1, 0.15) is 17.1 Å². The van der Waals surface area contributed by atoms with Crippen molar-refractivity contribution in [2.75, 3.05) is 11.9 Å². The first-order valence-corrected chi connectivity index (χ1v) is 12.9. The molecule has 4 aromatic carbocycles. The predicted octanol–water partition coefficient (Wildman–Crippen LogP) is 6.50. The SMILES string of the molecule is O=C(COc1ccccc1C=Nn1c(-c2cc3cc(Cl)ccc3o2)nc2ccccc2c1=O)Nc1cccc(F)c1. The Morgan fingerprint density at radius 2 is 1.85 bits per heavy atom. The number of hydrogen-bond acceptors (Lipinski definition) is 6. The molecule has 2 aromatic heterocycles. The molecule has 0 spiro atoms. The largest absolute Gasteiger partial charge is 0.483 e. The van der Waals surface area contributed by atoms with Crippen LogP contribution in [0.5, 0.6) is 5.75 Å². The molecule has 0 bridgehead atoms. The number of fused-ring (bicyclic) bond motifs is 2. The smallest absolute Gasteiger partial charge is 0.282 e. The highest BCUT2D eigenvalue weighted by molar-refractivity contribution is 6.31. The molecule has 0 aliphatic carbocycles. The third-order valence-electron chi connectivity index (χ3n) is 6.15. The first kappa shape index (κ1) is 26.0. The number of ether oxygens (including phenoxy) is 1. The number of rotatable bonds is 7. The standard InChI is InChI=1S/C31H20ClFN4O4/c32-21-12-13-27-20(14-21)15-28(41-27)30-36-25-10-3-2-9-24(25)31(39)37(30)34-17-19-6-1-4-11-26(19)40-18-29(38)35-23-8-5-7-22(33)16-23/h1-17H,18H2,(H,35,38). The summed E-state index contributed by atoms with van der Waals surface area (Å²) in [7, 11) is 0. The van der Waals surface area contributed by atoms with Crippen molar-refractivity contribution >= 4 is 51.3 Å². The first-order valence-electron chi connectivity index (χ1n) is 12.5. The summed E-state index contributed by atoms with van der Waals surface area (Å²) in [6, 6.07) is 26.4. The minimum Gasteiger partial charge on any atom is -0.483 e. The van der Waals surface area contributed by atoms with Crippen LogP contribution in [0, 0.1) is 5.82 Å². The molecule has 0 unspecified atom stereocenters. The monoisotopic (exact) mass is 566 g/mol. The molecule has 6 aromatic rings. The Morgan fingerprint density at radius 3 is 2.73 bits per heavy atom. The van der Waals surface area contributed by atoms with Gasteiger partial charge < -0.3 is 14.5 Å². The third kappa shape index (κ3) is 5.57. The maximum Gasteiger partial charge on any atom is 0.282 e. The number of anilines is 1. The Hall–Kier alpha value is -5.28. The second kappa shape index (κ2) is 11.1. The quantitative estimate of drug-likeness (QED) is 0.222. The van der Waals surface area contributed by atoms with Gasteiger partial charge in [-0.3, -0.25) is 9.59 Å². The average Bonchev–Trinajstić information content (AvgIpc) is 3.39. The molecule has 0 atom stereocenters. The molecule has 10 heteroatoms. The number of para-hydroxylation sites is 2. The highest BCUT2D eigenvalue weighted by Gasteiger charge is 2.17. The molecule has 0 fully saturated rings. The second-order valence-corrected chi connectivity index (χ2v) is 9.43. The van der Waals surface area contributed by atoms with Crippen molar-refractivity contribution in [1.82, 2.24) is 9.66 Å². The normalized spacial score (nSPS) is 11.4. The van der Waals surface area contributed by atoms with Crippen molar-refractivity contribution in [3.8, 4) is 17.3 Å². The maximum atomic E-state index is 13.5. The van der Waals surface area contributed by atoms with Crippen LogP contribution < -0.4 is 15.6 Å². The van der Waals surface area contributed by atoms with Crippen molar-refractivity contribution < 1.29 is 18.3 Å². The zero-order valence-electron chi connectivity index (χ0n) is 21.3. The van der Waals surface area contributed by atoms with Crippen molar-refractivity contribution in [3.05, 3.63) is 124 Å². The van der Waals surface area contributed by atoms with E-state index in [1.165, 1.54) is 24.4 Å². The van der Waals surface area contributed by atoms with Crippen LogP contribution in [0.1, 0.15) is 5.56 Å². The van der Waals surface area contributed by atoms with Gasteiger partial charge in [0.2, 0.25) is 5.82 Å². The predicted molar refractivity (Wildman–Crippen MR) is 156 cm³/mol. The molecule has 0 aliphatic rings. The summed E-state index contributed by atoms with van der Waals surface area (Å²) < 4.78 is 26.3. The fraction of sp³-hybridized carbons (Fsp3) is 0.0323. The Balaban J connectivity index is 1.33. The van der Waals surface area contributed by atoms with Crippen LogP contribution in [-0.4, -0.2) is 28.4 Å². The zero-order valence-corrected chi connectivity index (χ0v) is 22.0. The van der Waals surface area contributed by atoms with Crippen LogP contribution in [0.4, 0.5) is 10.1 Å².